The smallest absolute Gasteiger partial charge is 0.261 e. The summed E-state index contributed by atoms with van der Waals surface area (Å²) in [5.74, 6) is 0.0378. The van der Waals surface area contributed by atoms with Crippen LogP contribution in [-0.2, 0) is 0 Å². The standard InChI is InChI=1S/C12H18BrNOS/c1-12(2,3)10(6-7-13)14-11(15)9-5-4-8-16-9/h4-5,8,10H,6-7H2,1-3H3,(H,14,15). The summed E-state index contributed by atoms with van der Waals surface area (Å²) in [6.45, 7) is 6.44. The zero-order chi connectivity index (χ0) is 12.2. The molecule has 0 spiro atoms. The lowest BCUT2D eigenvalue weighted by atomic mass is 9.85. The molecule has 2 nitrogen and oxygen atoms in total. The summed E-state index contributed by atoms with van der Waals surface area (Å²) in [7, 11) is 0. The maximum Gasteiger partial charge on any atom is 0.261 e. The van der Waals surface area contributed by atoms with E-state index in [4.69, 9.17) is 0 Å². The molecule has 0 saturated carbocycles. The van der Waals surface area contributed by atoms with E-state index in [1.54, 1.807) is 0 Å². The van der Waals surface area contributed by atoms with Crippen molar-refractivity contribution in [3.8, 4) is 0 Å². The minimum atomic E-state index is 0.0378. The van der Waals surface area contributed by atoms with Crippen molar-refractivity contribution in [3.63, 3.8) is 0 Å². The number of hydrogen-bond acceptors (Lipinski definition) is 2. The molecule has 90 valence electrons. The van der Waals surface area contributed by atoms with Crippen molar-refractivity contribution in [3.05, 3.63) is 22.4 Å². The van der Waals surface area contributed by atoms with Gasteiger partial charge in [-0.25, -0.2) is 0 Å². The van der Waals surface area contributed by atoms with Crippen molar-refractivity contribution < 1.29 is 4.79 Å². The normalized spacial score (nSPS) is 13.5. The Hall–Kier alpha value is -0.350. The Morgan fingerprint density at radius 3 is 2.69 bits per heavy atom. The van der Waals surface area contributed by atoms with Gasteiger partial charge in [-0.15, -0.1) is 11.3 Å². The second-order valence-electron chi connectivity index (χ2n) is 4.85. The monoisotopic (exact) mass is 303 g/mol. The molecule has 0 aliphatic rings. The van der Waals surface area contributed by atoms with E-state index in [0.29, 0.717) is 0 Å². The van der Waals surface area contributed by atoms with Crippen LogP contribution in [0.15, 0.2) is 17.5 Å². The van der Waals surface area contributed by atoms with Crippen LogP contribution in [-0.4, -0.2) is 17.3 Å². The summed E-state index contributed by atoms with van der Waals surface area (Å²) in [5, 5.41) is 5.93. The third-order valence-electron chi connectivity index (χ3n) is 2.49. The molecule has 1 unspecified atom stereocenters. The van der Waals surface area contributed by atoms with Crippen LogP contribution in [0.25, 0.3) is 0 Å². The summed E-state index contributed by atoms with van der Waals surface area (Å²) in [6, 6.07) is 3.95. The molecule has 1 amide bonds. The van der Waals surface area contributed by atoms with Crippen LogP contribution in [0, 0.1) is 5.41 Å². The lowest BCUT2D eigenvalue weighted by Crippen LogP contribution is -2.43. The Morgan fingerprint density at radius 1 is 1.56 bits per heavy atom. The molecule has 0 fully saturated rings. The SMILES string of the molecule is CC(C)(C)C(CCBr)NC(=O)c1cccs1. The van der Waals surface area contributed by atoms with Gasteiger partial charge in [0.15, 0.2) is 0 Å². The van der Waals surface area contributed by atoms with Gasteiger partial charge in [0.2, 0.25) is 0 Å². The number of halogens is 1. The molecular weight excluding hydrogens is 286 g/mol. The van der Waals surface area contributed by atoms with Crippen molar-refractivity contribution in [2.45, 2.75) is 33.2 Å². The van der Waals surface area contributed by atoms with Crippen LogP contribution in [0.3, 0.4) is 0 Å². The van der Waals surface area contributed by atoms with Crippen LogP contribution >= 0.6 is 27.3 Å². The Bertz CT molecular complexity index is 329. The number of amides is 1. The predicted molar refractivity (Wildman–Crippen MR) is 73.4 cm³/mol. The second-order valence-corrected chi connectivity index (χ2v) is 6.59. The van der Waals surface area contributed by atoms with Crippen LogP contribution in [0.1, 0.15) is 36.9 Å². The fourth-order valence-electron chi connectivity index (χ4n) is 1.47. The fraction of sp³-hybridized carbons (Fsp3) is 0.583. The minimum absolute atomic E-state index is 0.0378. The van der Waals surface area contributed by atoms with Gasteiger partial charge in [0.05, 0.1) is 4.88 Å². The topological polar surface area (TPSA) is 29.1 Å². The molecule has 16 heavy (non-hydrogen) atoms. The van der Waals surface area contributed by atoms with E-state index in [-0.39, 0.29) is 17.4 Å². The van der Waals surface area contributed by atoms with Gasteiger partial charge in [0.25, 0.3) is 5.91 Å². The lowest BCUT2D eigenvalue weighted by molar-refractivity contribution is 0.0905. The molecule has 0 aromatic carbocycles. The van der Waals surface area contributed by atoms with E-state index in [2.05, 4.69) is 42.0 Å². The average molecular weight is 304 g/mol. The molecule has 1 atom stereocenters. The Kier molecular flexibility index (Phi) is 4.99. The quantitative estimate of drug-likeness (QED) is 0.845. The summed E-state index contributed by atoms with van der Waals surface area (Å²) < 4.78 is 0. The molecular formula is C12H18BrNOS. The zero-order valence-electron chi connectivity index (χ0n) is 9.92. The summed E-state index contributed by atoms with van der Waals surface area (Å²) in [5.41, 5.74) is 0.0840. The Morgan fingerprint density at radius 2 is 2.25 bits per heavy atom. The average Bonchev–Trinajstić information content (AvgIpc) is 2.68. The second kappa shape index (κ2) is 5.82. The van der Waals surface area contributed by atoms with Crippen LogP contribution in [0.5, 0.6) is 0 Å². The van der Waals surface area contributed by atoms with Crippen LogP contribution in [0.4, 0.5) is 0 Å². The first-order valence-corrected chi connectivity index (χ1v) is 7.35. The molecule has 0 aliphatic carbocycles. The predicted octanol–water partition coefficient (Wildman–Crippen LogP) is 3.68. The van der Waals surface area contributed by atoms with E-state index in [1.165, 1.54) is 11.3 Å². The largest absolute Gasteiger partial charge is 0.348 e. The highest BCUT2D eigenvalue weighted by Gasteiger charge is 2.26. The number of thiophene rings is 1. The summed E-state index contributed by atoms with van der Waals surface area (Å²) >= 11 is 4.91. The van der Waals surface area contributed by atoms with Gasteiger partial charge in [0.1, 0.15) is 0 Å². The highest BCUT2D eigenvalue weighted by atomic mass is 79.9. The van der Waals surface area contributed by atoms with Crippen molar-refractivity contribution in [2.24, 2.45) is 5.41 Å². The molecule has 1 rings (SSSR count). The number of hydrogen-bond donors (Lipinski definition) is 1. The van der Waals surface area contributed by atoms with Gasteiger partial charge >= 0.3 is 0 Å². The molecule has 0 aliphatic heterocycles. The zero-order valence-corrected chi connectivity index (χ0v) is 12.3. The van der Waals surface area contributed by atoms with Crippen LogP contribution < -0.4 is 5.32 Å². The van der Waals surface area contributed by atoms with E-state index in [0.717, 1.165) is 16.6 Å². The van der Waals surface area contributed by atoms with Gasteiger partial charge in [0, 0.05) is 11.4 Å². The Labute approximate surface area is 110 Å². The number of carbonyl (C=O) groups is 1. The minimum Gasteiger partial charge on any atom is -0.348 e. The fourth-order valence-corrected chi connectivity index (χ4v) is 2.55. The summed E-state index contributed by atoms with van der Waals surface area (Å²) in [6.07, 6.45) is 0.945. The lowest BCUT2D eigenvalue weighted by Gasteiger charge is -2.31. The van der Waals surface area contributed by atoms with Crippen molar-refractivity contribution in [1.82, 2.24) is 5.32 Å². The van der Waals surface area contributed by atoms with Gasteiger partial charge < -0.3 is 5.32 Å². The number of nitrogens with one attached hydrogen (secondary N) is 1. The van der Waals surface area contributed by atoms with Crippen molar-refractivity contribution in [2.75, 3.05) is 5.33 Å². The first kappa shape index (κ1) is 13.7. The van der Waals surface area contributed by atoms with Gasteiger partial charge in [-0.2, -0.15) is 0 Å². The van der Waals surface area contributed by atoms with E-state index >= 15 is 0 Å². The van der Waals surface area contributed by atoms with Crippen molar-refractivity contribution in [1.29, 1.82) is 0 Å². The van der Waals surface area contributed by atoms with Crippen molar-refractivity contribution >= 4 is 33.2 Å². The maximum absolute atomic E-state index is 11.9. The van der Waals surface area contributed by atoms with Gasteiger partial charge in [-0.1, -0.05) is 42.8 Å². The van der Waals surface area contributed by atoms with E-state index in [1.807, 2.05) is 17.5 Å². The first-order chi connectivity index (χ1) is 7.45. The Balaban J connectivity index is 2.66. The van der Waals surface area contributed by atoms with Gasteiger partial charge in [-0.05, 0) is 23.3 Å². The third kappa shape index (κ3) is 3.91. The molecule has 1 aromatic heterocycles. The molecule has 0 radical (unpaired) electrons. The number of carbonyl (C=O) groups excluding carboxylic acids is 1. The number of rotatable bonds is 4. The first-order valence-electron chi connectivity index (χ1n) is 5.35. The number of alkyl halides is 1. The summed E-state index contributed by atoms with van der Waals surface area (Å²) in [4.78, 5) is 12.7. The van der Waals surface area contributed by atoms with Crippen LogP contribution in [0.2, 0.25) is 0 Å². The van der Waals surface area contributed by atoms with E-state index in [9.17, 15) is 4.79 Å². The molecule has 1 aromatic rings. The molecule has 0 saturated heterocycles. The highest BCUT2D eigenvalue weighted by Crippen LogP contribution is 2.23. The van der Waals surface area contributed by atoms with E-state index < -0.39 is 0 Å². The van der Waals surface area contributed by atoms with Gasteiger partial charge in [-0.3, -0.25) is 4.79 Å². The maximum atomic E-state index is 11.9. The third-order valence-corrected chi connectivity index (χ3v) is 3.82. The molecule has 0 bridgehead atoms. The molecule has 4 heteroatoms. The molecule has 1 heterocycles. The highest BCUT2D eigenvalue weighted by molar-refractivity contribution is 9.09. The molecule has 1 N–H and O–H groups in total.